The number of hydrogen-bond acceptors (Lipinski definition) is 6. The highest BCUT2D eigenvalue weighted by Gasteiger charge is 2.30. The quantitative estimate of drug-likeness (QED) is 0.679. The van der Waals surface area contributed by atoms with Gasteiger partial charge < -0.3 is 0 Å². The smallest absolute Gasteiger partial charge is 0.165 e. The molecule has 0 aliphatic carbocycles. The molecule has 0 bridgehead atoms. The molecular formula is C6H3Br3N2O4S. The van der Waals surface area contributed by atoms with Crippen LogP contribution in [0.2, 0.25) is 0 Å². The number of halogens is 3. The second kappa shape index (κ2) is 4.52. The molecular weight excluding hydrogens is 436 g/mol. The lowest BCUT2D eigenvalue weighted by Crippen LogP contribution is -2.28. The van der Waals surface area contributed by atoms with Gasteiger partial charge in [-0.15, -0.1) is 13.7 Å². The summed E-state index contributed by atoms with van der Waals surface area (Å²) in [5, 5.41) is 0.886. The van der Waals surface area contributed by atoms with E-state index < -0.39 is 10.4 Å². The van der Waals surface area contributed by atoms with E-state index in [1.165, 1.54) is 0 Å². The molecule has 1 saturated heterocycles. The van der Waals surface area contributed by atoms with Crippen LogP contribution in [-0.4, -0.2) is 8.42 Å². The average molecular weight is 439 g/mol. The SMILES string of the molecule is O=S1(=O)ONN(c2ccc(Br)c(Br)c2Br)O1. The van der Waals surface area contributed by atoms with Crippen LogP contribution >= 0.6 is 47.8 Å². The Bertz CT molecular complexity index is 535. The standard InChI is InChI=1S/C6H3Br3N2O4S/c7-3-1-2-4(6(9)5(3)8)11-10-14-16(12,13)15-11/h1-2,10H. The van der Waals surface area contributed by atoms with Crippen molar-refractivity contribution in [3.05, 3.63) is 25.6 Å². The molecule has 2 rings (SSSR count). The molecule has 1 aromatic rings. The van der Waals surface area contributed by atoms with Gasteiger partial charge in [-0.05, 0) is 59.9 Å². The zero-order valence-electron chi connectivity index (χ0n) is 7.28. The van der Waals surface area contributed by atoms with Crippen LogP contribution in [0.3, 0.4) is 0 Å². The van der Waals surface area contributed by atoms with Crippen molar-refractivity contribution in [3.63, 3.8) is 0 Å². The Morgan fingerprint density at radius 3 is 2.44 bits per heavy atom. The highest BCUT2D eigenvalue weighted by molar-refractivity contribution is 9.14. The minimum absolute atomic E-state index is 0.441. The van der Waals surface area contributed by atoms with Gasteiger partial charge in [0.2, 0.25) is 0 Å². The van der Waals surface area contributed by atoms with Gasteiger partial charge >= 0.3 is 10.4 Å². The van der Waals surface area contributed by atoms with E-state index in [4.69, 9.17) is 0 Å². The van der Waals surface area contributed by atoms with Crippen molar-refractivity contribution in [2.75, 3.05) is 5.17 Å². The third kappa shape index (κ3) is 2.42. The Kier molecular flexibility index (Phi) is 3.60. The maximum atomic E-state index is 10.9. The second-order valence-corrected chi connectivity index (χ2v) is 6.22. The lowest BCUT2D eigenvalue weighted by atomic mass is 10.3. The molecule has 10 heteroatoms. The van der Waals surface area contributed by atoms with Crippen molar-refractivity contribution in [1.29, 1.82) is 0 Å². The number of hydrogen-bond donors (Lipinski definition) is 1. The molecule has 0 unspecified atom stereocenters. The number of nitrogens with zero attached hydrogens (tertiary/aromatic N) is 1. The first-order valence-electron chi connectivity index (χ1n) is 3.73. The molecule has 16 heavy (non-hydrogen) atoms. The van der Waals surface area contributed by atoms with Gasteiger partial charge in [-0.3, -0.25) is 0 Å². The molecule has 6 nitrogen and oxygen atoms in total. The molecule has 0 radical (unpaired) electrons. The van der Waals surface area contributed by atoms with Gasteiger partial charge in [0.15, 0.2) is 0 Å². The van der Waals surface area contributed by atoms with Gasteiger partial charge in [-0.2, -0.15) is 8.42 Å². The van der Waals surface area contributed by atoms with E-state index in [1.807, 2.05) is 0 Å². The summed E-state index contributed by atoms with van der Waals surface area (Å²) in [5.41, 5.74) is 2.55. The van der Waals surface area contributed by atoms with E-state index in [0.29, 0.717) is 10.2 Å². The highest BCUT2D eigenvalue weighted by Crippen LogP contribution is 2.38. The first-order valence-corrected chi connectivity index (χ1v) is 7.44. The zero-order valence-corrected chi connectivity index (χ0v) is 12.9. The molecule has 1 aromatic carbocycles. The molecule has 1 N–H and O–H groups in total. The minimum Gasteiger partial charge on any atom is -0.165 e. The van der Waals surface area contributed by atoms with Crippen LogP contribution in [0.5, 0.6) is 0 Å². The van der Waals surface area contributed by atoms with Crippen LogP contribution in [0, 0.1) is 0 Å². The summed E-state index contributed by atoms with van der Waals surface area (Å²) in [7, 11) is -4.02. The first kappa shape index (κ1) is 12.7. The number of hydrazine groups is 1. The fraction of sp³-hybridized carbons (Fsp3) is 0. The summed E-state index contributed by atoms with van der Waals surface area (Å²) in [6.45, 7) is 0. The molecule has 0 atom stereocenters. The average Bonchev–Trinajstić information content (AvgIpc) is 2.55. The van der Waals surface area contributed by atoms with Gasteiger partial charge in [-0.25, -0.2) is 0 Å². The largest absolute Gasteiger partial charge is 0.440 e. The Hall–Kier alpha value is 0.290. The summed E-state index contributed by atoms with van der Waals surface area (Å²) in [6.07, 6.45) is 0. The number of rotatable bonds is 1. The highest BCUT2D eigenvalue weighted by atomic mass is 79.9. The Morgan fingerprint density at radius 1 is 1.19 bits per heavy atom. The fourth-order valence-corrected chi connectivity index (χ4v) is 2.88. The van der Waals surface area contributed by atoms with Crippen molar-refractivity contribution in [2.24, 2.45) is 0 Å². The Morgan fingerprint density at radius 2 is 1.88 bits per heavy atom. The molecule has 0 aromatic heterocycles. The fourth-order valence-electron chi connectivity index (χ4n) is 0.963. The molecule has 1 aliphatic heterocycles. The number of benzene rings is 1. The molecule has 1 heterocycles. The van der Waals surface area contributed by atoms with E-state index in [2.05, 4.69) is 61.9 Å². The van der Waals surface area contributed by atoms with Crippen LogP contribution < -0.4 is 10.8 Å². The summed E-state index contributed by atoms with van der Waals surface area (Å²) in [4.78, 5) is 0. The van der Waals surface area contributed by atoms with Crippen LogP contribution in [0.1, 0.15) is 0 Å². The third-order valence-electron chi connectivity index (χ3n) is 1.62. The Labute approximate surface area is 116 Å². The van der Waals surface area contributed by atoms with E-state index in [-0.39, 0.29) is 0 Å². The van der Waals surface area contributed by atoms with Crippen molar-refractivity contribution < 1.29 is 17.0 Å². The number of anilines is 1. The normalized spacial score (nSPS) is 19.1. The zero-order chi connectivity index (χ0) is 11.9. The van der Waals surface area contributed by atoms with Gasteiger partial charge in [0.25, 0.3) is 0 Å². The van der Waals surface area contributed by atoms with E-state index in [0.717, 1.165) is 14.1 Å². The topological polar surface area (TPSA) is 67.9 Å². The second-order valence-electron chi connectivity index (χ2n) is 2.65. The molecule has 88 valence electrons. The maximum absolute atomic E-state index is 10.9. The van der Waals surface area contributed by atoms with Crippen LogP contribution in [0.25, 0.3) is 0 Å². The lowest BCUT2D eigenvalue weighted by molar-refractivity contribution is 0.198. The van der Waals surface area contributed by atoms with Gasteiger partial charge in [0.05, 0.1) is 4.47 Å². The predicted octanol–water partition coefficient (Wildman–Crippen LogP) is 2.41. The van der Waals surface area contributed by atoms with Crippen LogP contribution in [0.4, 0.5) is 5.69 Å². The van der Waals surface area contributed by atoms with E-state index in [9.17, 15) is 8.42 Å². The molecule has 0 amide bonds. The monoisotopic (exact) mass is 436 g/mol. The predicted molar refractivity (Wildman–Crippen MR) is 66.2 cm³/mol. The minimum atomic E-state index is -4.02. The van der Waals surface area contributed by atoms with Gasteiger partial charge in [0.1, 0.15) is 5.69 Å². The van der Waals surface area contributed by atoms with Gasteiger partial charge in [0, 0.05) is 8.95 Å². The molecule has 1 fully saturated rings. The summed E-state index contributed by atoms with van der Waals surface area (Å²) >= 11 is 9.91. The van der Waals surface area contributed by atoms with Crippen molar-refractivity contribution in [1.82, 2.24) is 5.59 Å². The molecule has 1 aliphatic rings. The van der Waals surface area contributed by atoms with E-state index >= 15 is 0 Å². The lowest BCUT2D eigenvalue weighted by Gasteiger charge is -2.14. The summed E-state index contributed by atoms with van der Waals surface area (Å²) in [5.74, 6) is 0. The molecule has 0 saturated carbocycles. The Balaban J connectivity index is 2.40. The van der Waals surface area contributed by atoms with Crippen LogP contribution in [-0.2, 0) is 19.0 Å². The van der Waals surface area contributed by atoms with Crippen LogP contribution in [0.15, 0.2) is 25.6 Å². The van der Waals surface area contributed by atoms with Crippen molar-refractivity contribution >= 4 is 63.9 Å². The third-order valence-corrected chi connectivity index (χ3v) is 5.58. The molecule has 0 spiro atoms. The van der Waals surface area contributed by atoms with Crippen molar-refractivity contribution in [3.8, 4) is 0 Å². The first-order chi connectivity index (χ1) is 7.41. The summed E-state index contributed by atoms with van der Waals surface area (Å²) in [6, 6.07) is 3.36. The van der Waals surface area contributed by atoms with Crippen molar-refractivity contribution in [2.45, 2.75) is 0 Å². The maximum Gasteiger partial charge on any atom is 0.440 e. The summed E-state index contributed by atoms with van der Waals surface area (Å²) < 4.78 is 32.7. The number of nitrogens with one attached hydrogen (secondary N) is 1. The van der Waals surface area contributed by atoms with E-state index in [1.54, 1.807) is 12.1 Å². The van der Waals surface area contributed by atoms with Gasteiger partial charge in [-0.1, -0.05) is 5.59 Å².